The monoisotopic (exact) mass is 1320 g/mol. The van der Waals surface area contributed by atoms with E-state index in [0.717, 1.165) is 4.90 Å². The minimum Gasteiger partial charge on any atom is -0.474 e. The molecule has 90 heavy (non-hydrogen) atoms. The quantitative estimate of drug-likeness (QED) is 0.0209. The number of H-pyrrole nitrogens is 1. The van der Waals surface area contributed by atoms with Crippen molar-refractivity contribution < 1.29 is 80.4 Å². The highest BCUT2D eigenvalue weighted by molar-refractivity contribution is 8.44. The Balaban J connectivity index is 0.748. The number of fused-ring (bicyclic) bond motifs is 4. The Morgan fingerprint density at radius 2 is 1.63 bits per heavy atom. The van der Waals surface area contributed by atoms with E-state index in [2.05, 4.69) is 58.4 Å². The first-order chi connectivity index (χ1) is 42.9. The van der Waals surface area contributed by atoms with Crippen LogP contribution in [0.1, 0.15) is 82.2 Å². The van der Waals surface area contributed by atoms with E-state index in [9.17, 15) is 52.9 Å². The van der Waals surface area contributed by atoms with E-state index in [1.54, 1.807) is 68.4 Å². The summed E-state index contributed by atoms with van der Waals surface area (Å²) in [6.45, 7) is -4.01. The van der Waals surface area contributed by atoms with Gasteiger partial charge in [-0.15, -0.1) is 0 Å². The van der Waals surface area contributed by atoms with E-state index in [0.29, 0.717) is 53.9 Å². The smallest absolute Gasteiger partial charge is 0.410 e. The molecule has 0 radical (unpaired) electrons. The van der Waals surface area contributed by atoms with Crippen molar-refractivity contribution in [1.29, 1.82) is 0 Å². The number of anilines is 2. The van der Waals surface area contributed by atoms with Crippen molar-refractivity contribution in [2.24, 2.45) is 11.8 Å². The van der Waals surface area contributed by atoms with E-state index in [4.69, 9.17) is 44.1 Å². The molecule has 4 aliphatic rings. The summed E-state index contributed by atoms with van der Waals surface area (Å²) in [4.78, 5) is 136. The number of nitrogens with zero attached hydrogens (tertiary/aromatic N) is 7. The average molecular weight is 1320 g/mol. The van der Waals surface area contributed by atoms with Crippen LogP contribution in [0, 0.1) is 11.8 Å². The van der Waals surface area contributed by atoms with Crippen LogP contribution in [0.3, 0.4) is 0 Å². The Morgan fingerprint density at radius 1 is 0.889 bits per heavy atom. The lowest BCUT2D eigenvalue weighted by molar-refractivity contribution is -0.137. The number of ether oxygens (including phenoxy) is 3. The van der Waals surface area contributed by atoms with E-state index < -0.39 is 104 Å². The molecule has 30 nitrogen and oxygen atoms in total. The zero-order chi connectivity index (χ0) is 64.4. The second kappa shape index (κ2) is 29.7. The third-order valence-corrected chi connectivity index (χ3v) is 18.3. The SMILES string of the molecule is CC(C)[C@H](NC(=O)CCCCCN1C(=O)C=CC1=O)C(=O)N[C@@H](C)C(=O)Nc1ccc(COC(=O)N(C)Cc2ccccc2CC(=O)Nc2nc3c(ncn3[C@@H]3O[C@H]4COP(O)(=S)O[C@H]5C[C@H](Oc6ccncn6)C[C@@H]5COP(=O)(S)O[C@@H]3[C@@H]4O)c(=O)[nH]2)cc1. The molecular formula is C56H68N12O18P2S2. The van der Waals surface area contributed by atoms with Gasteiger partial charge in [-0.3, -0.25) is 57.9 Å². The molecule has 5 aromatic rings. The molecule has 3 aliphatic heterocycles. The van der Waals surface area contributed by atoms with Crippen LogP contribution >= 0.6 is 25.8 Å². The number of imide groups is 1. The number of amides is 7. The third kappa shape index (κ3) is 17.6. The number of aliphatic hydroxyl groups excluding tert-OH is 1. The summed E-state index contributed by atoms with van der Waals surface area (Å²) < 4.78 is 56.2. The minimum atomic E-state index is -4.36. The van der Waals surface area contributed by atoms with Gasteiger partial charge in [0.05, 0.1) is 32.1 Å². The lowest BCUT2D eigenvalue weighted by Crippen LogP contribution is -2.53. The molecule has 34 heteroatoms. The van der Waals surface area contributed by atoms with Gasteiger partial charge in [0.15, 0.2) is 17.4 Å². The summed E-state index contributed by atoms with van der Waals surface area (Å²) >= 11 is 9.61. The molecule has 2 saturated heterocycles. The van der Waals surface area contributed by atoms with Crippen LogP contribution < -0.4 is 31.6 Å². The minimum absolute atomic E-state index is 0.0221. The van der Waals surface area contributed by atoms with E-state index in [1.165, 1.54) is 54.4 Å². The summed E-state index contributed by atoms with van der Waals surface area (Å²) in [5.41, 5.74) is 0.972. The molecule has 3 aromatic heterocycles. The van der Waals surface area contributed by atoms with Crippen molar-refractivity contribution in [3.8, 4) is 5.88 Å². The van der Waals surface area contributed by atoms with E-state index >= 15 is 0 Å². The molecule has 7 N–H and O–H groups in total. The van der Waals surface area contributed by atoms with Crippen molar-refractivity contribution in [1.82, 2.24) is 49.9 Å². The van der Waals surface area contributed by atoms with Crippen molar-refractivity contribution in [2.45, 2.75) is 128 Å². The molecule has 6 heterocycles. The van der Waals surface area contributed by atoms with Crippen molar-refractivity contribution in [2.75, 3.05) is 37.4 Å². The van der Waals surface area contributed by atoms with Crippen LogP contribution in [0.5, 0.6) is 5.88 Å². The molecule has 3 fully saturated rings. The topological polar surface area (TPSA) is 386 Å². The van der Waals surface area contributed by atoms with Gasteiger partial charge in [-0.2, -0.15) is 4.98 Å². The number of imidazole rings is 1. The van der Waals surface area contributed by atoms with Crippen LogP contribution in [-0.4, -0.2) is 160 Å². The Kier molecular flexibility index (Phi) is 22.2. The molecule has 2 unspecified atom stereocenters. The fraction of sp³-hybridized carbons (Fsp3) is 0.464. The number of rotatable bonds is 22. The Bertz CT molecular complexity index is 3640. The highest BCUT2D eigenvalue weighted by Gasteiger charge is 2.51. The highest BCUT2D eigenvalue weighted by atomic mass is 32.7. The number of hydrogen-bond donors (Lipinski definition) is 8. The number of unbranched alkanes of at least 4 members (excludes halogenated alkanes) is 2. The maximum atomic E-state index is 14.0. The number of aromatic nitrogens is 6. The van der Waals surface area contributed by atoms with Gasteiger partial charge in [0, 0.05) is 69.0 Å². The average Bonchev–Trinajstić information content (AvgIpc) is 1.62. The summed E-state index contributed by atoms with van der Waals surface area (Å²) in [5.74, 6) is -3.59. The van der Waals surface area contributed by atoms with Gasteiger partial charge in [-0.25, -0.2) is 24.3 Å². The number of carbonyl (C=O) groups excluding carboxylic acids is 7. The third-order valence-electron chi connectivity index (χ3n) is 15.1. The van der Waals surface area contributed by atoms with Gasteiger partial charge in [0.2, 0.25) is 35.5 Å². The summed E-state index contributed by atoms with van der Waals surface area (Å²) in [5, 5.41) is 22.3. The standard InChI is InChI=1S/C56H68N12O18P2S2/c1-31(2)46(62-41(69)12-6-5-9-21-67-44(71)17-18-45(67)72)52(75)60-32(3)51(74)61-37-15-13-33(14-16-37)26-80-56(77)66(4)25-35-11-8-7-10-34(35)23-42(70)63-55-64-50-47(53(76)65-55)59-30-68(50)54-49-48(73)40(84-54)28-82-87(78,89)85-39-24-38(83-43-19-20-57-29-58-43)22-36(39)27-81-88(79,90)86-49/h7-8,10-11,13-20,29-32,36,38-40,46,48-49,54,73H,5-6,9,12,21-28H2,1-4H3,(H,60,75)(H,61,74)(H,62,69)(H,78,89)(H,79,90)(H2,63,64,65,70,76)/t32-,36+,38+,39-,40-,46-,48+,49+,54+,87?,88?/m0/s1. The molecule has 0 spiro atoms. The molecule has 1 aliphatic carbocycles. The zero-order valence-electron chi connectivity index (χ0n) is 49.1. The molecule has 482 valence electrons. The Morgan fingerprint density at radius 3 is 2.36 bits per heavy atom. The fourth-order valence-electron chi connectivity index (χ4n) is 10.3. The van der Waals surface area contributed by atoms with Crippen LogP contribution in [0.4, 0.5) is 16.4 Å². The maximum Gasteiger partial charge on any atom is 0.410 e. The Labute approximate surface area is 525 Å². The summed E-state index contributed by atoms with van der Waals surface area (Å²) in [6, 6.07) is 13.0. The predicted octanol–water partition coefficient (Wildman–Crippen LogP) is 4.12. The van der Waals surface area contributed by atoms with Crippen LogP contribution in [0.15, 0.2) is 90.4 Å². The normalized spacial score (nSPS) is 24.9. The number of thiol groups is 1. The van der Waals surface area contributed by atoms with Crippen molar-refractivity contribution in [3.63, 3.8) is 0 Å². The zero-order valence-corrected chi connectivity index (χ0v) is 52.6. The van der Waals surface area contributed by atoms with Crippen LogP contribution in [-0.2, 0) is 92.3 Å². The molecular weight excluding hydrogens is 1250 g/mol. The van der Waals surface area contributed by atoms with Crippen molar-refractivity contribution >= 4 is 102 Å². The molecule has 9 rings (SSSR count). The van der Waals surface area contributed by atoms with Crippen LogP contribution in [0.2, 0.25) is 0 Å². The molecule has 11 atom stereocenters. The molecule has 2 aromatic carbocycles. The first kappa shape index (κ1) is 67.1. The number of benzene rings is 2. The highest BCUT2D eigenvalue weighted by Crippen LogP contribution is 2.59. The number of aromatic amines is 1. The number of aliphatic hydroxyl groups is 1. The summed E-state index contributed by atoms with van der Waals surface area (Å²) in [6.07, 6.45) is 0.624. The van der Waals surface area contributed by atoms with E-state index in [-0.39, 0.29) is 86.3 Å². The Hall–Kier alpha value is -7.35. The van der Waals surface area contributed by atoms with E-state index in [1.807, 2.05) is 0 Å². The van der Waals surface area contributed by atoms with Gasteiger partial charge in [0.25, 0.3) is 17.4 Å². The molecule has 2 bridgehead atoms. The lowest BCUT2D eigenvalue weighted by atomic mass is 10.0. The van der Waals surface area contributed by atoms with Crippen LogP contribution in [0.25, 0.3) is 11.2 Å². The molecule has 7 amide bonds. The second-order valence-electron chi connectivity index (χ2n) is 22.1. The first-order valence-corrected chi connectivity index (χ1v) is 34.0. The number of nitrogens with one attached hydrogen (secondary N) is 5. The van der Waals surface area contributed by atoms with Gasteiger partial charge in [0.1, 0.15) is 49.4 Å². The van der Waals surface area contributed by atoms with Crippen molar-refractivity contribution in [3.05, 3.63) is 113 Å². The lowest BCUT2D eigenvalue weighted by Gasteiger charge is -2.27. The van der Waals surface area contributed by atoms with Gasteiger partial charge < -0.3 is 58.6 Å². The number of hydrogen-bond acceptors (Lipinski definition) is 22. The predicted molar refractivity (Wildman–Crippen MR) is 326 cm³/mol. The fourth-order valence-corrected chi connectivity index (χ4v) is 13.4. The molecule has 1 saturated carbocycles. The summed E-state index contributed by atoms with van der Waals surface area (Å²) in [7, 11) is 1.52. The first-order valence-electron chi connectivity index (χ1n) is 28.7. The largest absolute Gasteiger partial charge is 0.474 e. The maximum absolute atomic E-state index is 14.0. The van der Waals surface area contributed by atoms with Gasteiger partial charge in [-0.05, 0) is 72.7 Å². The second-order valence-corrected chi connectivity index (χ2v) is 27.8. The number of carbonyl (C=O) groups is 7. The van der Waals surface area contributed by atoms with Gasteiger partial charge in [-0.1, -0.05) is 68.9 Å². The van der Waals surface area contributed by atoms with Gasteiger partial charge >= 0.3 is 19.6 Å².